The lowest BCUT2D eigenvalue weighted by Crippen LogP contribution is -2.00. The van der Waals surface area contributed by atoms with Crippen molar-refractivity contribution in [3.63, 3.8) is 0 Å². The van der Waals surface area contributed by atoms with E-state index in [1.165, 1.54) is 36.9 Å². The lowest BCUT2D eigenvalue weighted by atomic mass is 9.92. The second-order valence-corrected chi connectivity index (χ2v) is 15.1. The Morgan fingerprint density at radius 1 is 0.304 bits per heavy atom. The maximum absolute atomic E-state index is 6.44. The highest BCUT2D eigenvalue weighted by Crippen LogP contribution is 2.43. The number of nitrogens with zero attached hydrogens (tertiary/aromatic N) is 3. The number of thiophene rings is 1. The number of benzene rings is 8. The maximum Gasteiger partial charge on any atom is 0.164 e. The van der Waals surface area contributed by atoms with E-state index in [9.17, 15) is 0 Å². The largest absolute Gasteiger partial charge is 0.456 e. The zero-order chi connectivity index (χ0) is 37.0. The molecule has 0 N–H and O–H groups in total. The van der Waals surface area contributed by atoms with Crippen LogP contribution in [0, 0.1) is 0 Å². The minimum absolute atomic E-state index is 0.629. The summed E-state index contributed by atoms with van der Waals surface area (Å²) >= 11 is 1.85. The highest BCUT2D eigenvalue weighted by atomic mass is 32.1. The summed E-state index contributed by atoms with van der Waals surface area (Å²) < 4.78 is 9.02. The molecule has 0 spiro atoms. The van der Waals surface area contributed by atoms with E-state index in [2.05, 4.69) is 127 Å². The minimum Gasteiger partial charge on any atom is -0.456 e. The van der Waals surface area contributed by atoms with Crippen LogP contribution < -0.4 is 0 Å². The standard InChI is InChI=1S/C51H31N3OS/c1-4-13-32(14-5-1)40-30-44-39-21-10-11-22-47(39)56-48(44)31-41(40)37-24-26-46-43(29-37)42-28-36(23-25-45(42)55-46)35-19-12-20-38(27-35)51-53-49(33-15-6-2-7-16-33)52-50(54-51)34-17-8-3-9-18-34/h1-31H. The van der Waals surface area contributed by atoms with Crippen molar-refractivity contribution in [3.8, 4) is 67.5 Å². The van der Waals surface area contributed by atoms with Gasteiger partial charge in [0.25, 0.3) is 0 Å². The SMILES string of the molecule is c1ccc(-c2nc(-c3ccccc3)nc(-c3cccc(-c4ccc5oc6ccc(-c7cc8sc9ccccc9c8cc7-c7ccccc7)cc6c5c4)c3)n2)cc1. The Kier molecular flexibility index (Phi) is 7.64. The van der Waals surface area contributed by atoms with Gasteiger partial charge >= 0.3 is 0 Å². The van der Waals surface area contributed by atoms with Gasteiger partial charge in [0, 0.05) is 47.6 Å². The Balaban J connectivity index is 1.03. The van der Waals surface area contributed by atoms with E-state index in [4.69, 9.17) is 19.4 Å². The number of fused-ring (bicyclic) bond motifs is 6. The topological polar surface area (TPSA) is 51.8 Å². The Bertz CT molecular complexity index is 3180. The quantitative estimate of drug-likeness (QED) is 0.171. The summed E-state index contributed by atoms with van der Waals surface area (Å²) in [4.78, 5) is 14.8. The van der Waals surface area contributed by atoms with Gasteiger partial charge in [0.2, 0.25) is 0 Å². The molecule has 56 heavy (non-hydrogen) atoms. The molecule has 0 bridgehead atoms. The highest BCUT2D eigenvalue weighted by Gasteiger charge is 2.17. The molecule has 0 atom stereocenters. The average molecular weight is 734 g/mol. The first-order valence-corrected chi connectivity index (χ1v) is 19.5. The molecular formula is C51H31N3OS. The first kappa shape index (κ1) is 32.2. The number of hydrogen-bond acceptors (Lipinski definition) is 5. The number of hydrogen-bond donors (Lipinski definition) is 0. The predicted octanol–water partition coefficient (Wildman–Crippen LogP) is 14.1. The van der Waals surface area contributed by atoms with Gasteiger partial charge in [-0.3, -0.25) is 0 Å². The Morgan fingerprint density at radius 2 is 0.804 bits per heavy atom. The van der Waals surface area contributed by atoms with Crippen LogP contribution in [0.2, 0.25) is 0 Å². The van der Waals surface area contributed by atoms with Crippen LogP contribution in [-0.2, 0) is 0 Å². The van der Waals surface area contributed by atoms with Gasteiger partial charge in [-0.25, -0.2) is 15.0 Å². The maximum atomic E-state index is 6.44. The Labute approximate surface area is 327 Å². The van der Waals surface area contributed by atoms with Gasteiger partial charge in [-0.05, 0) is 81.9 Å². The van der Waals surface area contributed by atoms with Crippen LogP contribution in [0.1, 0.15) is 0 Å². The fourth-order valence-corrected chi connectivity index (χ4v) is 8.89. The van der Waals surface area contributed by atoms with Crippen LogP contribution in [0.15, 0.2) is 192 Å². The van der Waals surface area contributed by atoms with E-state index in [1.807, 2.05) is 72.0 Å². The molecular weight excluding hydrogens is 703 g/mol. The smallest absolute Gasteiger partial charge is 0.164 e. The second kappa shape index (κ2) is 13.3. The summed E-state index contributed by atoms with van der Waals surface area (Å²) in [5.74, 6) is 1.91. The molecule has 11 rings (SSSR count). The molecule has 0 aliphatic carbocycles. The van der Waals surface area contributed by atoms with Crippen molar-refractivity contribution >= 4 is 53.4 Å². The van der Waals surface area contributed by atoms with Crippen molar-refractivity contribution in [2.24, 2.45) is 0 Å². The monoisotopic (exact) mass is 733 g/mol. The fourth-order valence-electron chi connectivity index (χ4n) is 7.77. The van der Waals surface area contributed by atoms with Crippen molar-refractivity contribution in [3.05, 3.63) is 188 Å². The van der Waals surface area contributed by atoms with E-state index in [0.717, 1.165) is 55.3 Å². The number of rotatable bonds is 6. The number of aromatic nitrogens is 3. The Morgan fingerprint density at radius 3 is 1.48 bits per heavy atom. The number of furan rings is 1. The van der Waals surface area contributed by atoms with Gasteiger partial charge in [0.05, 0.1) is 0 Å². The van der Waals surface area contributed by atoms with Gasteiger partial charge in [-0.15, -0.1) is 11.3 Å². The summed E-state index contributed by atoms with van der Waals surface area (Å²) in [7, 11) is 0. The molecule has 0 aliphatic heterocycles. The molecule has 0 saturated carbocycles. The highest BCUT2D eigenvalue weighted by molar-refractivity contribution is 7.25. The molecule has 11 aromatic rings. The van der Waals surface area contributed by atoms with Gasteiger partial charge in [-0.1, -0.05) is 140 Å². The van der Waals surface area contributed by atoms with Crippen LogP contribution >= 0.6 is 11.3 Å². The van der Waals surface area contributed by atoms with E-state index < -0.39 is 0 Å². The summed E-state index contributed by atoms with van der Waals surface area (Å²) in [6.07, 6.45) is 0. The zero-order valence-corrected chi connectivity index (χ0v) is 30.9. The van der Waals surface area contributed by atoms with Crippen LogP contribution in [0.25, 0.3) is 110 Å². The molecule has 0 saturated heterocycles. The molecule has 0 fully saturated rings. The summed E-state index contributed by atoms with van der Waals surface area (Å²) in [6.45, 7) is 0. The van der Waals surface area contributed by atoms with E-state index in [0.29, 0.717) is 17.5 Å². The third-order valence-electron chi connectivity index (χ3n) is 10.5. The van der Waals surface area contributed by atoms with Crippen LogP contribution in [-0.4, -0.2) is 15.0 Å². The van der Waals surface area contributed by atoms with Crippen molar-refractivity contribution < 1.29 is 4.42 Å². The van der Waals surface area contributed by atoms with Gasteiger partial charge < -0.3 is 4.42 Å². The van der Waals surface area contributed by atoms with E-state index >= 15 is 0 Å². The molecule has 0 amide bonds. The third-order valence-corrected chi connectivity index (χ3v) is 11.7. The van der Waals surface area contributed by atoms with Gasteiger partial charge in [-0.2, -0.15) is 0 Å². The lowest BCUT2D eigenvalue weighted by Gasteiger charge is -2.12. The van der Waals surface area contributed by atoms with Gasteiger partial charge in [0.15, 0.2) is 17.5 Å². The fraction of sp³-hybridized carbons (Fsp3) is 0. The molecule has 0 unspecified atom stereocenters. The van der Waals surface area contributed by atoms with Crippen LogP contribution in [0.3, 0.4) is 0 Å². The predicted molar refractivity (Wildman–Crippen MR) is 233 cm³/mol. The van der Waals surface area contributed by atoms with Gasteiger partial charge in [0.1, 0.15) is 11.2 Å². The van der Waals surface area contributed by atoms with Crippen molar-refractivity contribution in [1.29, 1.82) is 0 Å². The molecule has 8 aromatic carbocycles. The lowest BCUT2D eigenvalue weighted by molar-refractivity contribution is 0.669. The normalized spacial score (nSPS) is 11.6. The summed E-state index contributed by atoms with van der Waals surface area (Å²) in [5, 5.41) is 4.75. The molecule has 3 heterocycles. The minimum atomic E-state index is 0.629. The van der Waals surface area contributed by atoms with E-state index in [1.54, 1.807) is 0 Å². The van der Waals surface area contributed by atoms with Crippen molar-refractivity contribution in [1.82, 2.24) is 15.0 Å². The molecule has 5 heteroatoms. The Hall–Kier alpha value is -7.21. The van der Waals surface area contributed by atoms with Crippen molar-refractivity contribution in [2.45, 2.75) is 0 Å². The molecule has 0 radical (unpaired) electrons. The van der Waals surface area contributed by atoms with Crippen LogP contribution in [0.4, 0.5) is 0 Å². The first-order valence-electron chi connectivity index (χ1n) is 18.7. The van der Waals surface area contributed by atoms with Crippen LogP contribution in [0.5, 0.6) is 0 Å². The van der Waals surface area contributed by atoms with E-state index in [-0.39, 0.29) is 0 Å². The zero-order valence-electron chi connectivity index (χ0n) is 30.1. The molecule has 4 nitrogen and oxygen atoms in total. The summed E-state index contributed by atoms with van der Waals surface area (Å²) in [6, 6.07) is 65.8. The third kappa shape index (κ3) is 5.65. The molecule has 3 aromatic heterocycles. The van der Waals surface area contributed by atoms with Crippen molar-refractivity contribution in [2.75, 3.05) is 0 Å². The molecule has 0 aliphatic rings. The second-order valence-electron chi connectivity index (χ2n) is 14.0. The first-order chi connectivity index (χ1) is 27.7. The molecule has 262 valence electrons. The average Bonchev–Trinajstić information content (AvgIpc) is 3.84. The summed E-state index contributed by atoms with van der Waals surface area (Å²) in [5.41, 5.74) is 11.5.